The molecule has 0 saturated carbocycles. The van der Waals surface area contributed by atoms with E-state index in [1.807, 2.05) is 108 Å². The summed E-state index contributed by atoms with van der Waals surface area (Å²) in [7, 11) is 0. The van der Waals surface area contributed by atoms with Crippen LogP contribution in [0.2, 0.25) is 0 Å². The van der Waals surface area contributed by atoms with Gasteiger partial charge in [-0.15, -0.1) is 0 Å². The predicted octanol–water partition coefficient (Wildman–Crippen LogP) is 6.93. The molecule has 0 fully saturated rings. The van der Waals surface area contributed by atoms with Crippen LogP contribution in [0.4, 0.5) is 11.6 Å². The van der Waals surface area contributed by atoms with Gasteiger partial charge in [0.25, 0.3) is 0 Å². The fourth-order valence-electron chi connectivity index (χ4n) is 3.14. The van der Waals surface area contributed by atoms with Crippen molar-refractivity contribution in [3.63, 3.8) is 0 Å². The second kappa shape index (κ2) is 15.2. The molecule has 0 aliphatic heterocycles. The lowest BCUT2D eigenvalue weighted by Gasteiger charge is -2.07. The smallest absolute Gasteiger partial charge is 0.223 e. The van der Waals surface area contributed by atoms with Crippen LogP contribution in [-0.2, 0) is 4.79 Å². The quantitative estimate of drug-likeness (QED) is 0.336. The summed E-state index contributed by atoms with van der Waals surface area (Å²) >= 11 is 0. The van der Waals surface area contributed by atoms with E-state index in [1.165, 1.54) is 6.92 Å². The molecule has 4 aromatic rings. The summed E-state index contributed by atoms with van der Waals surface area (Å²) in [5, 5.41) is 10.8. The van der Waals surface area contributed by atoms with Gasteiger partial charge in [-0.2, -0.15) is 5.10 Å². The second-order valence-corrected chi connectivity index (χ2v) is 6.31. The highest BCUT2D eigenvalue weighted by atomic mass is 16.1. The zero-order valence-electron chi connectivity index (χ0n) is 21.7. The maximum atomic E-state index is 11.4. The van der Waals surface area contributed by atoms with Crippen LogP contribution < -0.4 is 10.6 Å². The van der Waals surface area contributed by atoms with E-state index >= 15 is 0 Å². The predicted molar refractivity (Wildman–Crippen MR) is 144 cm³/mol. The Bertz CT molecular complexity index is 1150. The number of aromatic nitrogens is 4. The molecule has 4 rings (SSSR count). The molecule has 0 aliphatic rings. The number of rotatable bonds is 5. The molecule has 0 unspecified atom stereocenters. The Hall–Kier alpha value is -3.74. The molecule has 0 spiro atoms. The highest BCUT2D eigenvalue weighted by Gasteiger charge is 2.18. The lowest BCUT2D eigenvalue weighted by molar-refractivity contribution is -0.114. The Labute approximate surface area is 203 Å². The minimum Gasteiger partial charge on any atom is -0.354 e. The van der Waals surface area contributed by atoms with E-state index in [-0.39, 0.29) is 5.91 Å². The van der Waals surface area contributed by atoms with E-state index in [1.54, 1.807) is 6.20 Å². The third kappa shape index (κ3) is 7.13. The van der Waals surface area contributed by atoms with Crippen molar-refractivity contribution in [2.45, 2.75) is 55.4 Å². The highest BCUT2D eigenvalue weighted by molar-refractivity contribution is 5.93. The number of carbonyl (C=O) groups excluding carboxylic acids is 1. The van der Waals surface area contributed by atoms with E-state index in [0.29, 0.717) is 5.95 Å². The first-order valence-electron chi connectivity index (χ1n) is 12.1. The molecule has 1 aromatic carbocycles. The summed E-state index contributed by atoms with van der Waals surface area (Å²) < 4.78 is 1.84. The van der Waals surface area contributed by atoms with Gasteiger partial charge < -0.3 is 10.6 Å². The standard InChI is InChI=1S/C21H20N6O.3C2H6/c1-3-22-21-23-11-10-17(25-21)19-18-9-4-5-12-27(18)26-20(19)15-7-6-8-16(13-15)24-14(2)28;3*1-2/h4-13H,3H2,1-2H3,(H,24,28)(H,22,23,25);3*1-2H3. The Morgan fingerprint density at radius 2 is 1.71 bits per heavy atom. The van der Waals surface area contributed by atoms with E-state index in [0.717, 1.165) is 40.3 Å². The second-order valence-electron chi connectivity index (χ2n) is 6.31. The average molecular weight is 463 g/mol. The van der Waals surface area contributed by atoms with E-state index in [2.05, 4.69) is 20.6 Å². The zero-order valence-corrected chi connectivity index (χ0v) is 21.7. The lowest BCUT2D eigenvalue weighted by Crippen LogP contribution is -2.05. The molecular formula is C27H38N6O. The largest absolute Gasteiger partial charge is 0.354 e. The Balaban J connectivity index is 0.000000894. The topological polar surface area (TPSA) is 84.2 Å². The SMILES string of the molecule is CC.CC.CC.CCNc1nccc(-c2c(-c3cccc(NC(C)=O)c3)nn3ccccc23)n1. The first-order valence-corrected chi connectivity index (χ1v) is 12.1. The van der Waals surface area contributed by atoms with Gasteiger partial charge in [0.2, 0.25) is 11.9 Å². The third-order valence-electron chi connectivity index (χ3n) is 4.24. The molecule has 0 atom stereocenters. The molecule has 0 aliphatic carbocycles. The number of pyridine rings is 1. The van der Waals surface area contributed by atoms with Gasteiger partial charge >= 0.3 is 0 Å². The van der Waals surface area contributed by atoms with Gasteiger partial charge in [-0.1, -0.05) is 59.7 Å². The van der Waals surface area contributed by atoms with Crippen LogP contribution in [-0.4, -0.2) is 32.0 Å². The van der Waals surface area contributed by atoms with Crippen molar-refractivity contribution < 1.29 is 4.79 Å². The maximum absolute atomic E-state index is 11.4. The molecule has 1 amide bonds. The van der Waals surface area contributed by atoms with Crippen LogP contribution in [0, 0.1) is 0 Å². The van der Waals surface area contributed by atoms with Gasteiger partial charge in [0.05, 0.1) is 16.8 Å². The fourth-order valence-corrected chi connectivity index (χ4v) is 3.14. The number of carbonyl (C=O) groups is 1. The lowest BCUT2D eigenvalue weighted by atomic mass is 10.0. The summed E-state index contributed by atoms with van der Waals surface area (Å²) in [6.45, 7) is 16.2. The van der Waals surface area contributed by atoms with Crippen molar-refractivity contribution in [1.82, 2.24) is 19.6 Å². The number of nitrogens with zero attached hydrogens (tertiary/aromatic N) is 4. The van der Waals surface area contributed by atoms with Gasteiger partial charge in [-0.05, 0) is 37.3 Å². The number of benzene rings is 1. The van der Waals surface area contributed by atoms with Gasteiger partial charge in [0.1, 0.15) is 5.69 Å². The van der Waals surface area contributed by atoms with E-state index < -0.39 is 0 Å². The molecule has 0 saturated heterocycles. The van der Waals surface area contributed by atoms with Gasteiger partial charge in [0, 0.05) is 37.1 Å². The summed E-state index contributed by atoms with van der Waals surface area (Å²) in [5.74, 6) is 0.465. The van der Waals surface area contributed by atoms with E-state index in [9.17, 15) is 4.79 Å². The van der Waals surface area contributed by atoms with Crippen molar-refractivity contribution in [2.24, 2.45) is 0 Å². The monoisotopic (exact) mass is 462 g/mol. The Kier molecular flexibility index (Phi) is 12.6. The number of fused-ring (bicyclic) bond motifs is 1. The number of amides is 1. The maximum Gasteiger partial charge on any atom is 0.223 e. The third-order valence-corrected chi connectivity index (χ3v) is 4.24. The van der Waals surface area contributed by atoms with Gasteiger partial charge in [-0.3, -0.25) is 4.79 Å². The van der Waals surface area contributed by atoms with E-state index in [4.69, 9.17) is 5.10 Å². The summed E-state index contributed by atoms with van der Waals surface area (Å²) in [5.41, 5.74) is 5.06. The minimum atomic E-state index is -0.113. The van der Waals surface area contributed by atoms with Crippen molar-refractivity contribution >= 4 is 23.1 Å². The molecule has 2 N–H and O–H groups in total. The van der Waals surface area contributed by atoms with Gasteiger partial charge in [-0.25, -0.2) is 14.5 Å². The van der Waals surface area contributed by atoms with Crippen molar-refractivity contribution in [3.05, 3.63) is 60.9 Å². The van der Waals surface area contributed by atoms with Crippen LogP contribution >= 0.6 is 0 Å². The van der Waals surface area contributed by atoms with Crippen molar-refractivity contribution in [2.75, 3.05) is 17.2 Å². The Morgan fingerprint density at radius 1 is 0.971 bits per heavy atom. The van der Waals surface area contributed by atoms with Crippen LogP contribution in [0.5, 0.6) is 0 Å². The molecule has 7 nitrogen and oxygen atoms in total. The molecular weight excluding hydrogens is 424 g/mol. The van der Waals surface area contributed by atoms with Crippen molar-refractivity contribution in [1.29, 1.82) is 0 Å². The number of anilines is 2. The summed E-state index contributed by atoms with van der Waals surface area (Å²) in [4.78, 5) is 20.4. The van der Waals surface area contributed by atoms with Crippen LogP contribution in [0.1, 0.15) is 55.4 Å². The number of hydrogen-bond donors (Lipinski definition) is 2. The molecule has 0 bridgehead atoms. The van der Waals surface area contributed by atoms with Crippen molar-refractivity contribution in [3.8, 4) is 22.5 Å². The average Bonchev–Trinajstić information content (AvgIpc) is 3.28. The number of hydrogen-bond acceptors (Lipinski definition) is 5. The molecule has 3 aromatic heterocycles. The van der Waals surface area contributed by atoms with Crippen LogP contribution in [0.25, 0.3) is 28.0 Å². The molecule has 34 heavy (non-hydrogen) atoms. The first kappa shape index (κ1) is 28.3. The minimum absolute atomic E-state index is 0.113. The van der Waals surface area contributed by atoms with Crippen LogP contribution in [0.15, 0.2) is 60.9 Å². The van der Waals surface area contributed by atoms with Gasteiger partial charge in [0.15, 0.2) is 0 Å². The molecule has 0 radical (unpaired) electrons. The zero-order chi connectivity index (χ0) is 25.5. The molecule has 7 heteroatoms. The molecule has 3 heterocycles. The highest BCUT2D eigenvalue weighted by Crippen LogP contribution is 2.35. The summed E-state index contributed by atoms with van der Waals surface area (Å²) in [6.07, 6.45) is 3.65. The van der Waals surface area contributed by atoms with Crippen LogP contribution in [0.3, 0.4) is 0 Å². The summed E-state index contributed by atoms with van der Waals surface area (Å²) in [6, 6.07) is 15.5. The molecule has 182 valence electrons. The normalized spacial score (nSPS) is 9.41. The number of nitrogens with one attached hydrogen (secondary N) is 2. The Morgan fingerprint density at radius 3 is 2.38 bits per heavy atom. The first-order chi connectivity index (χ1) is 16.7. The fraction of sp³-hybridized carbons (Fsp3) is 0.333.